The molecule has 0 aromatic heterocycles. The van der Waals surface area contributed by atoms with Gasteiger partial charge in [0.25, 0.3) is 0 Å². The van der Waals surface area contributed by atoms with Crippen LogP contribution in [0.25, 0.3) is 0 Å². The summed E-state index contributed by atoms with van der Waals surface area (Å²) in [6, 6.07) is 0. The standard InChI is InChI=1S/C9H12O2/c1-7(10)5-6-9(11)8-3-2-4-8/h5-6,8,10H,1-4H2/b6-5+. The van der Waals surface area contributed by atoms with E-state index < -0.39 is 0 Å². The Hall–Kier alpha value is -1.05. The molecule has 1 fully saturated rings. The Morgan fingerprint density at radius 3 is 2.45 bits per heavy atom. The SMILES string of the molecule is C=C(O)/C=C/C(=O)C1CCC1. The van der Waals surface area contributed by atoms with Gasteiger partial charge in [-0.15, -0.1) is 0 Å². The fourth-order valence-electron chi connectivity index (χ4n) is 1.01. The summed E-state index contributed by atoms with van der Waals surface area (Å²) in [6.45, 7) is 3.25. The van der Waals surface area contributed by atoms with Crippen molar-refractivity contribution in [3.63, 3.8) is 0 Å². The van der Waals surface area contributed by atoms with E-state index in [0.717, 1.165) is 19.3 Å². The van der Waals surface area contributed by atoms with Gasteiger partial charge in [0.2, 0.25) is 0 Å². The second-order valence-electron chi connectivity index (χ2n) is 2.85. The topological polar surface area (TPSA) is 37.3 Å². The minimum absolute atomic E-state index is 0.0577. The van der Waals surface area contributed by atoms with Gasteiger partial charge in [-0.1, -0.05) is 13.0 Å². The van der Waals surface area contributed by atoms with Crippen molar-refractivity contribution in [1.29, 1.82) is 0 Å². The lowest BCUT2D eigenvalue weighted by Gasteiger charge is -2.21. The summed E-state index contributed by atoms with van der Waals surface area (Å²) >= 11 is 0. The molecular weight excluding hydrogens is 140 g/mol. The zero-order chi connectivity index (χ0) is 8.27. The molecule has 0 radical (unpaired) electrons. The fourth-order valence-corrected chi connectivity index (χ4v) is 1.01. The smallest absolute Gasteiger partial charge is 0.158 e. The van der Waals surface area contributed by atoms with Crippen molar-refractivity contribution < 1.29 is 9.90 Å². The van der Waals surface area contributed by atoms with Crippen LogP contribution >= 0.6 is 0 Å². The van der Waals surface area contributed by atoms with Crippen LogP contribution in [0, 0.1) is 5.92 Å². The van der Waals surface area contributed by atoms with Gasteiger partial charge < -0.3 is 5.11 Å². The molecule has 0 heterocycles. The van der Waals surface area contributed by atoms with Gasteiger partial charge in [0, 0.05) is 5.92 Å². The number of allylic oxidation sites excluding steroid dienone is 2. The van der Waals surface area contributed by atoms with Gasteiger partial charge in [-0.2, -0.15) is 0 Å². The van der Waals surface area contributed by atoms with Crippen molar-refractivity contribution in [3.05, 3.63) is 24.5 Å². The zero-order valence-electron chi connectivity index (χ0n) is 6.42. The van der Waals surface area contributed by atoms with Crippen molar-refractivity contribution in [2.75, 3.05) is 0 Å². The Morgan fingerprint density at radius 1 is 1.45 bits per heavy atom. The molecule has 0 aromatic carbocycles. The van der Waals surface area contributed by atoms with Crippen LogP contribution in [0.3, 0.4) is 0 Å². The summed E-state index contributed by atoms with van der Waals surface area (Å²) in [7, 11) is 0. The first-order valence-corrected chi connectivity index (χ1v) is 3.80. The Bertz CT molecular complexity index is 200. The molecule has 0 aromatic rings. The lowest BCUT2D eigenvalue weighted by Crippen LogP contribution is -2.19. The normalized spacial score (nSPS) is 18.2. The molecule has 11 heavy (non-hydrogen) atoms. The summed E-state index contributed by atoms with van der Waals surface area (Å²) in [5.41, 5.74) is 0. The predicted molar refractivity (Wildman–Crippen MR) is 43.3 cm³/mol. The third-order valence-electron chi connectivity index (χ3n) is 1.95. The van der Waals surface area contributed by atoms with E-state index in [4.69, 9.17) is 5.11 Å². The van der Waals surface area contributed by atoms with E-state index >= 15 is 0 Å². The third kappa shape index (κ3) is 2.22. The number of aliphatic hydroxyl groups is 1. The Morgan fingerprint density at radius 2 is 2.09 bits per heavy atom. The summed E-state index contributed by atoms with van der Waals surface area (Å²) < 4.78 is 0. The fraction of sp³-hybridized carbons (Fsp3) is 0.444. The second kappa shape index (κ2) is 3.37. The highest BCUT2D eigenvalue weighted by Gasteiger charge is 2.22. The number of rotatable bonds is 3. The first kappa shape index (κ1) is 8.05. The molecule has 1 saturated carbocycles. The van der Waals surface area contributed by atoms with Gasteiger partial charge in [0.15, 0.2) is 5.78 Å². The zero-order valence-corrected chi connectivity index (χ0v) is 6.42. The van der Waals surface area contributed by atoms with Crippen molar-refractivity contribution in [3.8, 4) is 0 Å². The number of carbonyl (C=O) groups is 1. The highest BCUT2D eigenvalue weighted by molar-refractivity contribution is 5.92. The van der Waals surface area contributed by atoms with Crippen molar-refractivity contribution in [2.45, 2.75) is 19.3 Å². The van der Waals surface area contributed by atoms with Crippen molar-refractivity contribution in [2.24, 2.45) is 5.92 Å². The molecule has 1 N–H and O–H groups in total. The van der Waals surface area contributed by atoms with Gasteiger partial charge in [0.05, 0.1) is 0 Å². The quantitative estimate of drug-likeness (QED) is 0.381. The average molecular weight is 152 g/mol. The molecule has 0 aliphatic heterocycles. The van der Waals surface area contributed by atoms with Crippen LogP contribution in [-0.4, -0.2) is 10.9 Å². The summed E-state index contributed by atoms with van der Waals surface area (Å²) in [5.74, 6) is 0.273. The van der Waals surface area contributed by atoms with E-state index in [1.807, 2.05) is 0 Å². The van der Waals surface area contributed by atoms with Crippen LogP contribution in [0.5, 0.6) is 0 Å². The highest BCUT2D eigenvalue weighted by Crippen LogP contribution is 2.27. The van der Waals surface area contributed by atoms with Gasteiger partial charge in [0.1, 0.15) is 5.76 Å². The monoisotopic (exact) mass is 152 g/mol. The number of carbonyl (C=O) groups excluding carboxylic acids is 1. The van der Waals surface area contributed by atoms with E-state index in [9.17, 15) is 4.79 Å². The number of ketones is 1. The number of hydrogen-bond acceptors (Lipinski definition) is 2. The molecule has 1 aliphatic carbocycles. The van der Waals surface area contributed by atoms with E-state index in [2.05, 4.69) is 6.58 Å². The van der Waals surface area contributed by atoms with Crippen molar-refractivity contribution >= 4 is 5.78 Å². The van der Waals surface area contributed by atoms with Crippen LogP contribution in [-0.2, 0) is 4.79 Å². The third-order valence-corrected chi connectivity index (χ3v) is 1.95. The average Bonchev–Trinajstić information content (AvgIpc) is 1.79. The maximum absolute atomic E-state index is 11.1. The molecule has 0 amide bonds. The Kier molecular flexibility index (Phi) is 2.47. The molecule has 1 rings (SSSR count). The maximum atomic E-state index is 11.1. The molecule has 0 saturated heterocycles. The summed E-state index contributed by atoms with van der Waals surface area (Å²) in [6.07, 6.45) is 5.92. The van der Waals surface area contributed by atoms with Crippen LogP contribution in [0.1, 0.15) is 19.3 Å². The van der Waals surface area contributed by atoms with Crippen molar-refractivity contribution in [1.82, 2.24) is 0 Å². The maximum Gasteiger partial charge on any atom is 0.158 e. The molecule has 0 bridgehead atoms. The van der Waals surface area contributed by atoms with Crippen LogP contribution in [0.2, 0.25) is 0 Å². The second-order valence-corrected chi connectivity index (χ2v) is 2.85. The number of aliphatic hydroxyl groups excluding tert-OH is 1. The molecule has 1 aliphatic rings. The Balaban J connectivity index is 2.36. The highest BCUT2D eigenvalue weighted by atomic mass is 16.3. The molecule has 0 spiro atoms. The molecular formula is C9H12O2. The minimum atomic E-state index is -0.0577. The van der Waals surface area contributed by atoms with Gasteiger partial charge in [-0.25, -0.2) is 0 Å². The van der Waals surface area contributed by atoms with Gasteiger partial charge in [-0.05, 0) is 25.0 Å². The lowest BCUT2D eigenvalue weighted by atomic mass is 9.82. The van der Waals surface area contributed by atoms with Crippen LogP contribution in [0.4, 0.5) is 0 Å². The number of hydrogen-bond donors (Lipinski definition) is 1. The first-order valence-electron chi connectivity index (χ1n) is 3.80. The van der Waals surface area contributed by atoms with E-state index in [1.165, 1.54) is 12.2 Å². The minimum Gasteiger partial charge on any atom is -0.509 e. The first-order chi connectivity index (χ1) is 5.20. The molecule has 60 valence electrons. The largest absolute Gasteiger partial charge is 0.509 e. The molecule has 0 unspecified atom stereocenters. The molecule has 2 nitrogen and oxygen atoms in total. The molecule has 0 atom stereocenters. The van der Waals surface area contributed by atoms with Gasteiger partial charge in [-0.3, -0.25) is 4.79 Å². The molecule has 2 heteroatoms. The summed E-state index contributed by atoms with van der Waals surface area (Å²) in [4.78, 5) is 11.1. The predicted octanol–water partition coefficient (Wildman–Crippen LogP) is 1.98. The summed E-state index contributed by atoms with van der Waals surface area (Å²) in [5, 5.41) is 8.64. The van der Waals surface area contributed by atoms with Gasteiger partial charge >= 0.3 is 0 Å². The van der Waals surface area contributed by atoms with Crippen LogP contribution < -0.4 is 0 Å². The van der Waals surface area contributed by atoms with E-state index in [1.54, 1.807) is 0 Å². The Labute approximate surface area is 66.2 Å². The van der Waals surface area contributed by atoms with E-state index in [0.29, 0.717) is 0 Å². The van der Waals surface area contributed by atoms with Crippen LogP contribution in [0.15, 0.2) is 24.5 Å². The lowest BCUT2D eigenvalue weighted by molar-refractivity contribution is -0.120. The van der Waals surface area contributed by atoms with E-state index in [-0.39, 0.29) is 17.5 Å².